The lowest BCUT2D eigenvalue weighted by Crippen LogP contribution is -2.19. The fraction of sp³-hybridized carbons (Fsp3) is 0.167. The maximum atomic E-state index is 11.9. The summed E-state index contributed by atoms with van der Waals surface area (Å²) in [5, 5.41) is 2.89. The fourth-order valence-corrected chi connectivity index (χ4v) is 1.72. The molecule has 2 aromatic rings. The summed E-state index contributed by atoms with van der Waals surface area (Å²) in [4.78, 5) is 23.2. The van der Waals surface area contributed by atoms with E-state index in [1.54, 1.807) is 19.1 Å². The molecule has 0 bridgehead atoms. The lowest BCUT2D eigenvalue weighted by molar-refractivity contribution is 0.101. The fourth-order valence-electron chi connectivity index (χ4n) is 1.72. The zero-order valence-corrected chi connectivity index (χ0v) is 9.65. The van der Waals surface area contributed by atoms with E-state index in [9.17, 15) is 9.59 Å². The third kappa shape index (κ3) is 2.19. The molecule has 1 heterocycles. The third-order valence-corrected chi connectivity index (χ3v) is 2.44. The van der Waals surface area contributed by atoms with E-state index in [0.717, 1.165) is 5.69 Å². The topological polar surface area (TPSA) is 86.4 Å². The number of ketones is 1. The summed E-state index contributed by atoms with van der Waals surface area (Å²) in [6.07, 6.45) is 0. The van der Waals surface area contributed by atoms with E-state index >= 15 is 0 Å². The molecule has 5 nitrogen and oxygen atoms in total. The van der Waals surface area contributed by atoms with Crippen LogP contribution in [0.25, 0.3) is 5.69 Å². The molecule has 0 aliphatic heterocycles. The molecule has 0 spiro atoms. The van der Waals surface area contributed by atoms with Crippen LogP contribution in [0.4, 0.5) is 0 Å². The number of carbonyl (C=O) groups excluding carboxylic acids is 1. The smallest absolute Gasteiger partial charge is 0.282 e. The Morgan fingerprint density at radius 1 is 1.24 bits per heavy atom. The molecule has 90 valence electrons. The number of benzene rings is 1. The van der Waals surface area contributed by atoms with E-state index in [4.69, 9.17) is 0 Å². The van der Waals surface area contributed by atoms with Gasteiger partial charge in [0.1, 0.15) is 5.56 Å². The van der Waals surface area contributed by atoms with Crippen molar-refractivity contribution in [3.8, 4) is 5.69 Å². The molecule has 5 heteroatoms. The summed E-state index contributed by atoms with van der Waals surface area (Å²) in [5.41, 5.74) is 1.25. The molecule has 0 saturated carbocycles. The maximum absolute atomic E-state index is 11.9. The molecule has 0 unspecified atom stereocenters. The van der Waals surface area contributed by atoms with Gasteiger partial charge in [0.15, 0.2) is 5.78 Å². The Kier molecular flexibility index (Phi) is 3.65. The number of hydrogen-bond donors (Lipinski definition) is 1. The van der Waals surface area contributed by atoms with Crippen molar-refractivity contribution in [3.63, 3.8) is 0 Å². The van der Waals surface area contributed by atoms with Crippen LogP contribution in [0.15, 0.2) is 35.1 Å². The molecular formula is C12H14N2O3. The maximum Gasteiger partial charge on any atom is 0.282 e. The average molecular weight is 234 g/mol. The molecule has 0 atom stereocenters. The second-order valence-corrected chi connectivity index (χ2v) is 3.64. The highest BCUT2D eigenvalue weighted by Gasteiger charge is 2.15. The number of H-pyrrole nitrogens is 1. The highest BCUT2D eigenvalue weighted by molar-refractivity contribution is 5.94. The molecule has 0 fully saturated rings. The van der Waals surface area contributed by atoms with Gasteiger partial charge in [-0.25, -0.2) is 4.68 Å². The number of hydrogen-bond acceptors (Lipinski definition) is 2. The van der Waals surface area contributed by atoms with Crippen molar-refractivity contribution in [2.24, 2.45) is 0 Å². The van der Waals surface area contributed by atoms with Crippen LogP contribution >= 0.6 is 0 Å². The first-order valence-electron chi connectivity index (χ1n) is 4.99. The van der Waals surface area contributed by atoms with Gasteiger partial charge in [0.25, 0.3) is 5.56 Å². The number of rotatable bonds is 2. The molecule has 2 rings (SSSR count). The van der Waals surface area contributed by atoms with Crippen molar-refractivity contribution in [2.45, 2.75) is 13.8 Å². The summed E-state index contributed by atoms with van der Waals surface area (Å²) in [6, 6.07) is 9.16. The molecule has 17 heavy (non-hydrogen) atoms. The summed E-state index contributed by atoms with van der Waals surface area (Å²) >= 11 is 0. The van der Waals surface area contributed by atoms with Crippen LogP contribution in [0.1, 0.15) is 23.0 Å². The molecule has 0 aliphatic carbocycles. The minimum Gasteiger partial charge on any atom is -0.412 e. The van der Waals surface area contributed by atoms with Gasteiger partial charge in [-0.1, -0.05) is 18.2 Å². The zero-order valence-electron chi connectivity index (χ0n) is 9.65. The molecule has 0 saturated heterocycles. The van der Waals surface area contributed by atoms with Gasteiger partial charge in [-0.05, 0) is 26.0 Å². The Morgan fingerprint density at radius 2 is 1.82 bits per heavy atom. The standard InChI is InChI=1S/C12H12N2O2.H2O/c1-8-11(9(2)15)12(16)14(13-8)10-6-4-3-5-7-10;/h3-7,13H,1-2H3;1H2. The first-order chi connectivity index (χ1) is 7.61. The normalized spacial score (nSPS) is 9.76. The number of aromatic amines is 1. The van der Waals surface area contributed by atoms with E-state index in [2.05, 4.69) is 5.10 Å². The van der Waals surface area contributed by atoms with Crippen LogP contribution in [0.2, 0.25) is 0 Å². The second-order valence-electron chi connectivity index (χ2n) is 3.64. The van der Waals surface area contributed by atoms with Gasteiger partial charge in [0.05, 0.1) is 5.69 Å². The minimum absolute atomic E-state index is 0. The van der Waals surface area contributed by atoms with Crippen molar-refractivity contribution < 1.29 is 10.3 Å². The van der Waals surface area contributed by atoms with Crippen LogP contribution in [0.3, 0.4) is 0 Å². The first-order valence-corrected chi connectivity index (χ1v) is 4.99. The van der Waals surface area contributed by atoms with E-state index in [0.29, 0.717) is 5.69 Å². The molecule has 0 radical (unpaired) electrons. The third-order valence-electron chi connectivity index (χ3n) is 2.44. The van der Waals surface area contributed by atoms with Crippen molar-refractivity contribution in [1.29, 1.82) is 0 Å². The van der Waals surface area contributed by atoms with E-state index < -0.39 is 0 Å². The summed E-state index contributed by atoms with van der Waals surface area (Å²) in [5.74, 6) is -0.214. The quantitative estimate of drug-likeness (QED) is 0.781. The molecule has 0 aliphatic rings. The average Bonchev–Trinajstić information content (AvgIpc) is 2.55. The van der Waals surface area contributed by atoms with Gasteiger partial charge >= 0.3 is 0 Å². The predicted octanol–water partition coefficient (Wildman–Crippen LogP) is 0.852. The first kappa shape index (κ1) is 12.9. The Morgan fingerprint density at radius 3 is 2.29 bits per heavy atom. The van der Waals surface area contributed by atoms with Gasteiger partial charge in [0.2, 0.25) is 0 Å². The Balaban J connectivity index is 0.00000144. The van der Waals surface area contributed by atoms with Crippen molar-refractivity contribution in [2.75, 3.05) is 0 Å². The number of aromatic nitrogens is 2. The van der Waals surface area contributed by atoms with Gasteiger partial charge < -0.3 is 5.48 Å². The van der Waals surface area contributed by atoms with Crippen LogP contribution in [-0.4, -0.2) is 21.0 Å². The lowest BCUT2D eigenvalue weighted by atomic mass is 10.2. The Hall–Kier alpha value is -2.14. The van der Waals surface area contributed by atoms with Crippen LogP contribution in [0.5, 0.6) is 0 Å². The molecule has 1 aromatic carbocycles. The highest BCUT2D eigenvalue weighted by Crippen LogP contribution is 2.06. The number of nitrogens with zero attached hydrogens (tertiary/aromatic N) is 1. The van der Waals surface area contributed by atoms with Gasteiger partial charge in [0, 0.05) is 5.69 Å². The van der Waals surface area contributed by atoms with Gasteiger partial charge in [-0.2, -0.15) is 0 Å². The Bertz CT molecular complexity index is 582. The van der Waals surface area contributed by atoms with Gasteiger partial charge in [-0.15, -0.1) is 0 Å². The number of aryl methyl sites for hydroxylation is 1. The molecule has 1 aromatic heterocycles. The highest BCUT2D eigenvalue weighted by atomic mass is 16.2. The second kappa shape index (κ2) is 4.80. The largest absolute Gasteiger partial charge is 0.412 e. The number of nitrogens with one attached hydrogen (secondary N) is 1. The van der Waals surface area contributed by atoms with Crippen molar-refractivity contribution in [3.05, 3.63) is 51.9 Å². The molecular weight excluding hydrogens is 220 g/mol. The van der Waals surface area contributed by atoms with Crippen LogP contribution in [-0.2, 0) is 0 Å². The van der Waals surface area contributed by atoms with E-state index in [1.165, 1.54) is 11.6 Å². The number of Topliss-reactive ketones (excluding diaryl/α,β-unsaturated/α-hetero) is 1. The molecule has 0 amide bonds. The number of carbonyl (C=O) groups is 1. The van der Waals surface area contributed by atoms with Crippen LogP contribution in [0, 0.1) is 6.92 Å². The van der Waals surface area contributed by atoms with Crippen LogP contribution < -0.4 is 5.56 Å². The zero-order chi connectivity index (χ0) is 11.7. The Labute approximate surface area is 98.0 Å². The SMILES string of the molecule is CC(=O)c1c(C)[nH]n(-c2ccccc2)c1=O.O. The van der Waals surface area contributed by atoms with Crippen molar-refractivity contribution in [1.82, 2.24) is 9.78 Å². The minimum atomic E-state index is -0.295. The number of para-hydroxylation sites is 1. The predicted molar refractivity (Wildman–Crippen MR) is 64.7 cm³/mol. The molecule has 3 N–H and O–H groups in total. The van der Waals surface area contributed by atoms with E-state index in [-0.39, 0.29) is 22.4 Å². The van der Waals surface area contributed by atoms with Gasteiger partial charge in [-0.3, -0.25) is 14.7 Å². The summed E-state index contributed by atoms with van der Waals surface area (Å²) in [7, 11) is 0. The lowest BCUT2D eigenvalue weighted by Gasteiger charge is -1.99. The van der Waals surface area contributed by atoms with Crippen molar-refractivity contribution >= 4 is 5.78 Å². The summed E-state index contributed by atoms with van der Waals surface area (Å²) < 4.78 is 1.38. The monoisotopic (exact) mass is 234 g/mol. The van der Waals surface area contributed by atoms with E-state index in [1.807, 2.05) is 18.2 Å². The summed E-state index contributed by atoms with van der Waals surface area (Å²) in [6.45, 7) is 3.12.